The normalized spacial score (nSPS) is 16.9. The fourth-order valence-corrected chi connectivity index (χ4v) is 1.79. The number of aryl methyl sites for hydroxylation is 1. The van der Waals surface area contributed by atoms with E-state index < -0.39 is 0 Å². The Hall–Kier alpha value is -2.24. The number of hydrogen-bond acceptors (Lipinski definition) is 5. The van der Waals surface area contributed by atoms with E-state index in [1.54, 1.807) is 0 Å². The monoisotopic (exact) mass is 298 g/mol. The molecule has 1 aliphatic rings. The van der Waals surface area contributed by atoms with E-state index in [2.05, 4.69) is 10.2 Å². The summed E-state index contributed by atoms with van der Waals surface area (Å²) >= 11 is 0. The predicted molar refractivity (Wildman–Crippen MR) is 83.0 cm³/mol. The van der Waals surface area contributed by atoms with Gasteiger partial charge in [0.2, 0.25) is 0 Å². The Morgan fingerprint density at radius 3 is 2.18 bits per heavy atom. The Balaban J connectivity index is 1.48. The van der Waals surface area contributed by atoms with E-state index in [1.165, 1.54) is 5.56 Å². The molecule has 22 heavy (non-hydrogen) atoms. The van der Waals surface area contributed by atoms with Crippen molar-refractivity contribution in [1.29, 1.82) is 0 Å². The van der Waals surface area contributed by atoms with Crippen LogP contribution in [0.15, 0.2) is 58.8 Å². The van der Waals surface area contributed by atoms with Crippen LogP contribution in [-0.2, 0) is 9.47 Å². The zero-order chi connectivity index (χ0) is 15.2. The first-order valence-corrected chi connectivity index (χ1v) is 7.20. The SMILES string of the molecule is Cc1ccc(N=Nc2ccc(OCOCC3CO3)cc2)cc1. The molecule has 5 nitrogen and oxygen atoms in total. The molecule has 1 heterocycles. The van der Waals surface area contributed by atoms with E-state index in [9.17, 15) is 0 Å². The molecule has 0 radical (unpaired) electrons. The Labute approximate surface area is 129 Å². The van der Waals surface area contributed by atoms with Gasteiger partial charge in [-0.25, -0.2) is 0 Å². The van der Waals surface area contributed by atoms with Gasteiger partial charge in [0, 0.05) is 0 Å². The fourth-order valence-electron chi connectivity index (χ4n) is 1.79. The van der Waals surface area contributed by atoms with Crippen molar-refractivity contribution in [2.24, 2.45) is 10.2 Å². The third kappa shape index (κ3) is 4.65. The quantitative estimate of drug-likeness (QED) is 0.334. The lowest BCUT2D eigenvalue weighted by atomic mass is 10.2. The molecule has 0 saturated carbocycles. The van der Waals surface area contributed by atoms with Crippen LogP contribution in [0.2, 0.25) is 0 Å². The van der Waals surface area contributed by atoms with Crippen molar-refractivity contribution in [3.05, 3.63) is 54.1 Å². The summed E-state index contributed by atoms with van der Waals surface area (Å²) in [6.07, 6.45) is 0.258. The zero-order valence-electron chi connectivity index (χ0n) is 12.4. The molecule has 1 fully saturated rings. The summed E-state index contributed by atoms with van der Waals surface area (Å²) in [5, 5.41) is 8.39. The number of azo groups is 1. The second kappa shape index (κ2) is 7.15. The topological polar surface area (TPSA) is 55.7 Å². The third-order valence-electron chi connectivity index (χ3n) is 3.17. The molecular weight excluding hydrogens is 280 g/mol. The molecule has 0 N–H and O–H groups in total. The highest BCUT2D eigenvalue weighted by atomic mass is 16.7. The molecule has 114 valence electrons. The lowest BCUT2D eigenvalue weighted by Gasteiger charge is -2.06. The summed E-state index contributed by atoms with van der Waals surface area (Å²) in [4.78, 5) is 0. The van der Waals surface area contributed by atoms with E-state index >= 15 is 0 Å². The van der Waals surface area contributed by atoms with Crippen LogP contribution < -0.4 is 4.74 Å². The molecule has 1 atom stereocenters. The second-order valence-corrected chi connectivity index (χ2v) is 5.12. The molecular formula is C17H18N2O3. The highest BCUT2D eigenvalue weighted by Gasteiger charge is 2.22. The molecule has 1 unspecified atom stereocenters. The third-order valence-corrected chi connectivity index (χ3v) is 3.17. The molecule has 1 saturated heterocycles. The van der Waals surface area contributed by atoms with Gasteiger partial charge < -0.3 is 14.2 Å². The molecule has 1 aliphatic heterocycles. The number of hydrogen-bond donors (Lipinski definition) is 0. The van der Waals surface area contributed by atoms with Gasteiger partial charge in [-0.1, -0.05) is 17.7 Å². The highest BCUT2D eigenvalue weighted by molar-refractivity contribution is 5.43. The zero-order valence-corrected chi connectivity index (χ0v) is 12.4. The van der Waals surface area contributed by atoms with Gasteiger partial charge in [0.25, 0.3) is 0 Å². The minimum absolute atomic E-state index is 0.226. The number of ether oxygens (including phenoxy) is 3. The van der Waals surface area contributed by atoms with E-state index in [4.69, 9.17) is 14.2 Å². The average Bonchev–Trinajstić information content (AvgIpc) is 3.36. The molecule has 2 aromatic carbocycles. The van der Waals surface area contributed by atoms with Crippen molar-refractivity contribution >= 4 is 11.4 Å². The van der Waals surface area contributed by atoms with Gasteiger partial charge in [-0.05, 0) is 43.3 Å². The van der Waals surface area contributed by atoms with Crippen molar-refractivity contribution in [2.45, 2.75) is 13.0 Å². The maximum absolute atomic E-state index is 5.47. The molecule has 5 heteroatoms. The highest BCUT2D eigenvalue weighted by Crippen LogP contribution is 2.21. The first kappa shape index (κ1) is 14.7. The molecule has 0 aliphatic carbocycles. The smallest absolute Gasteiger partial charge is 0.189 e. The molecule has 2 aromatic rings. The molecule has 0 bridgehead atoms. The number of nitrogens with zero attached hydrogens (tertiary/aromatic N) is 2. The van der Waals surface area contributed by atoms with Crippen molar-refractivity contribution in [2.75, 3.05) is 20.0 Å². The second-order valence-electron chi connectivity index (χ2n) is 5.12. The van der Waals surface area contributed by atoms with Crippen LogP contribution in [0.3, 0.4) is 0 Å². The molecule has 0 amide bonds. The summed E-state index contributed by atoms with van der Waals surface area (Å²) in [6, 6.07) is 15.3. The minimum Gasteiger partial charge on any atom is -0.468 e. The van der Waals surface area contributed by atoms with Crippen LogP contribution in [0.5, 0.6) is 5.75 Å². The maximum atomic E-state index is 5.47. The van der Waals surface area contributed by atoms with Gasteiger partial charge in [0.15, 0.2) is 6.79 Å². The van der Waals surface area contributed by atoms with Gasteiger partial charge >= 0.3 is 0 Å². The first-order valence-electron chi connectivity index (χ1n) is 7.20. The maximum Gasteiger partial charge on any atom is 0.189 e. The summed E-state index contributed by atoms with van der Waals surface area (Å²) in [7, 11) is 0. The minimum atomic E-state index is 0.226. The van der Waals surface area contributed by atoms with Crippen LogP contribution >= 0.6 is 0 Å². The Bertz CT molecular complexity index is 619. The van der Waals surface area contributed by atoms with Crippen LogP contribution in [0, 0.1) is 6.92 Å². The molecule has 0 spiro atoms. The lowest BCUT2D eigenvalue weighted by molar-refractivity contribution is 0.00822. The fraction of sp³-hybridized carbons (Fsp3) is 0.294. The van der Waals surface area contributed by atoms with E-state index in [0.29, 0.717) is 6.61 Å². The predicted octanol–water partition coefficient (Wildman–Crippen LogP) is 4.16. The summed E-state index contributed by atoms with van der Waals surface area (Å²) in [5.74, 6) is 0.742. The van der Waals surface area contributed by atoms with Crippen molar-refractivity contribution < 1.29 is 14.2 Å². The number of benzene rings is 2. The largest absolute Gasteiger partial charge is 0.468 e. The Kier molecular flexibility index (Phi) is 4.78. The molecule has 0 aromatic heterocycles. The van der Waals surface area contributed by atoms with Crippen LogP contribution in [-0.4, -0.2) is 26.1 Å². The van der Waals surface area contributed by atoms with E-state index in [1.807, 2.05) is 55.5 Å². The van der Waals surface area contributed by atoms with Crippen molar-refractivity contribution in [3.8, 4) is 5.75 Å². The Morgan fingerprint density at radius 2 is 1.59 bits per heavy atom. The van der Waals surface area contributed by atoms with Crippen molar-refractivity contribution in [1.82, 2.24) is 0 Å². The van der Waals surface area contributed by atoms with E-state index in [0.717, 1.165) is 23.7 Å². The van der Waals surface area contributed by atoms with Gasteiger partial charge in [0.05, 0.1) is 24.6 Å². The Morgan fingerprint density at radius 1 is 1.00 bits per heavy atom. The van der Waals surface area contributed by atoms with Crippen molar-refractivity contribution in [3.63, 3.8) is 0 Å². The summed E-state index contributed by atoms with van der Waals surface area (Å²) in [5.41, 5.74) is 2.82. The van der Waals surface area contributed by atoms with Gasteiger partial charge in [-0.2, -0.15) is 10.2 Å². The lowest BCUT2D eigenvalue weighted by Crippen LogP contribution is -2.07. The van der Waals surface area contributed by atoms with Gasteiger partial charge in [0.1, 0.15) is 11.9 Å². The summed E-state index contributed by atoms with van der Waals surface area (Å²) < 4.78 is 15.8. The van der Waals surface area contributed by atoms with Crippen LogP contribution in [0.4, 0.5) is 11.4 Å². The van der Waals surface area contributed by atoms with E-state index in [-0.39, 0.29) is 12.9 Å². The van der Waals surface area contributed by atoms with Crippen LogP contribution in [0.1, 0.15) is 5.56 Å². The number of rotatable bonds is 7. The number of epoxide rings is 1. The molecule has 3 rings (SSSR count). The standard InChI is InChI=1S/C17H18N2O3/c1-13-2-4-14(5-3-13)18-19-15-6-8-16(9-7-15)22-12-20-10-17-11-21-17/h2-9,17H,10-12H2,1H3. The summed E-state index contributed by atoms with van der Waals surface area (Å²) in [6.45, 7) is 3.65. The van der Waals surface area contributed by atoms with Gasteiger partial charge in [-0.15, -0.1) is 0 Å². The first-order chi connectivity index (χ1) is 10.8. The van der Waals surface area contributed by atoms with Crippen LogP contribution in [0.25, 0.3) is 0 Å². The van der Waals surface area contributed by atoms with Gasteiger partial charge in [-0.3, -0.25) is 0 Å². The average molecular weight is 298 g/mol.